The first-order valence-corrected chi connectivity index (χ1v) is 10.9. The Hall–Kier alpha value is -2.32. The number of benzene rings is 1. The van der Waals surface area contributed by atoms with Crippen LogP contribution >= 0.6 is 0 Å². The van der Waals surface area contributed by atoms with Crippen LogP contribution in [0.25, 0.3) is 0 Å². The molecule has 1 aromatic heterocycles. The zero-order chi connectivity index (χ0) is 20.7. The van der Waals surface area contributed by atoms with Crippen molar-refractivity contribution in [1.82, 2.24) is 19.5 Å². The van der Waals surface area contributed by atoms with Gasteiger partial charge in [-0.3, -0.25) is 4.99 Å². The van der Waals surface area contributed by atoms with E-state index in [9.17, 15) is 8.42 Å². The van der Waals surface area contributed by atoms with Crippen LogP contribution in [0.2, 0.25) is 0 Å². The van der Waals surface area contributed by atoms with Crippen LogP contribution in [-0.4, -0.2) is 50.5 Å². The van der Waals surface area contributed by atoms with Crippen LogP contribution < -0.4 is 10.0 Å². The molecule has 0 saturated heterocycles. The van der Waals surface area contributed by atoms with Crippen LogP contribution in [0, 0.1) is 13.8 Å². The molecule has 0 bridgehead atoms. The van der Waals surface area contributed by atoms with Crippen LogP contribution in [0.4, 0.5) is 0 Å². The van der Waals surface area contributed by atoms with Crippen molar-refractivity contribution in [3.05, 3.63) is 53.3 Å². The van der Waals surface area contributed by atoms with Gasteiger partial charge in [0.25, 0.3) is 0 Å². The second kappa shape index (κ2) is 9.75. The van der Waals surface area contributed by atoms with Gasteiger partial charge in [-0.05, 0) is 50.1 Å². The normalized spacial score (nSPS) is 12.2. The Morgan fingerprint density at radius 1 is 1.25 bits per heavy atom. The molecule has 0 aliphatic carbocycles. The highest BCUT2D eigenvalue weighted by molar-refractivity contribution is 7.89. The van der Waals surface area contributed by atoms with Gasteiger partial charge in [-0.2, -0.15) is 0 Å². The second-order valence-electron chi connectivity index (χ2n) is 6.87. The predicted molar refractivity (Wildman–Crippen MR) is 114 cm³/mol. The van der Waals surface area contributed by atoms with Crippen LogP contribution in [0.1, 0.15) is 23.7 Å². The lowest BCUT2D eigenvalue weighted by atomic mass is 10.2. The summed E-state index contributed by atoms with van der Waals surface area (Å²) >= 11 is 0. The molecule has 0 fully saturated rings. The maximum absolute atomic E-state index is 12.6. The van der Waals surface area contributed by atoms with E-state index in [1.54, 1.807) is 13.0 Å². The molecule has 0 atom stereocenters. The first-order chi connectivity index (χ1) is 13.2. The number of sulfonamides is 1. The van der Waals surface area contributed by atoms with E-state index in [4.69, 9.17) is 0 Å². The van der Waals surface area contributed by atoms with Crippen molar-refractivity contribution in [2.45, 2.75) is 32.2 Å². The molecule has 0 amide bonds. The van der Waals surface area contributed by atoms with E-state index in [-0.39, 0.29) is 6.54 Å². The first-order valence-electron chi connectivity index (χ1n) is 9.41. The standard InChI is InChI=1S/C20H31N5O2S/c1-6-21-20(25(5)15-18-8-7-13-24(18)4)22-11-12-23-28(26,27)19-14-16(2)9-10-17(19)3/h7-10,13-14,23H,6,11-12,15H2,1-5H3,(H,21,22). The summed E-state index contributed by atoms with van der Waals surface area (Å²) in [6.07, 6.45) is 2.01. The third-order valence-electron chi connectivity index (χ3n) is 4.45. The van der Waals surface area contributed by atoms with E-state index in [0.717, 1.165) is 23.6 Å². The zero-order valence-electron chi connectivity index (χ0n) is 17.4. The summed E-state index contributed by atoms with van der Waals surface area (Å²) in [6.45, 7) is 7.73. The molecule has 7 nitrogen and oxygen atoms in total. The maximum Gasteiger partial charge on any atom is 0.240 e. The quantitative estimate of drug-likeness (QED) is 0.400. The lowest BCUT2D eigenvalue weighted by Crippen LogP contribution is -2.39. The molecule has 0 unspecified atom stereocenters. The number of hydrogen-bond donors (Lipinski definition) is 2. The minimum atomic E-state index is -3.55. The third-order valence-corrected chi connectivity index (χ3v) is 6.05. The van der Waals surface area contributed by atoms with Gasteiger partial charge >= 0.3 is 0 Å². The van der Waals surface area contributed by atoms with E-state index >= 15 is 0 Å². The highest BCUT2D eigenvalue weighted by Gasteiger charge is 2.16. The number of hydrogen-bond acceptors (Lipinski definition) is 3. The van der Waals surface area contributed by atoms with Crippen molar-refractivity contribution < 1.29 is 8.42 Å². The third kappa shape index (κ3) is 5.84. The van der Waals surface area contributed by atoms with E-state index in [1.807, 2.05) is 57.2 Å². The number of nitrogens with zero attached hydrogens (tertiary/aromatic N) is 3. The van der Waals surface area contributed by atoms with Gasteiger partial charge in [0, 0.05) is 39.1 Å². The smallest absolute Gasteiger partial charge is 0.240 e. The molecule has 2 aromatic rings. The highest BCUT2D eigenvalue weighted by atomic mass is 32.2. The molecule has 0 aliphatic heterocycles. The Labute approximate surface area is 168 Å². The van der Waals surface area contributed by atoms with Crippen LogP contribution in [0.3, 0.4) is 0 Å². The lowest BCUT2D eigenvalue weighted by molar-refractivity contribution is 0.462. The van der Waals surface area contributed by atoms with Crippen molar-refractivity contribution in [3.63, 3.8) is 0 Å². The summed E-state index contributed by atoms with van der Waals surface area (Å²) in [5.74, 6) is 0.745. The van der Waals surface area contributed by atoms with Crippen molar-refractivity contribution in [1.29, 1.82) is 0 Å². The maximum atomic E-state index is 12.6. The average Bonchev–Trinajstić information content (AvgIpc) is 3.04. The van der Waals surface area contributed by atoms with Gasteiger partial charge in [0.15, 0.2) is 5.96 Å². The summed E-state index contributed by atoms with van der Waals surface area (Å²) in [5, 5.41) is 3.25. The average molecular weight is 406 g/mol. The topological polar surface area (TPSA) is 78.7 Å². The number of aryl methyl sites for hydroxylation is 3. The number of nitrogens with one attached hydrogen (secondary N) is 2. The van der Waals surface area contributed by atoms with Gasteiger partial charge in [-0.1, -0.05) is 12.1 Å². The lowest BCUT2D eigenvalue weighted by Gasteiger charge is -2.22. The molecule has 0 spiro atoms. The van der Waals surface area contributed by atoms with Gasteiger partial charge in [-0.15, -0.1) is 0 Å². The van der Waals surface area contributed by atoms with E-state index < -0.39 is 10.0 Å². The molecular formula is C20H31N5O2S. The van der Waals surface area contributed by atoms with Gasteiger partial charge in [0.2, 0.25) is 10.0 Å². The van der Waals surface area contributed by atoms with E-state index in [2.05, 4.69) is 25.7 Å². The van der Waals surface area contributed by atoms with Crippen molar-refractivity contribution >= 4 is 16.0 Å². The number of rotatable bonds is 8. The van der Waals surface area contributed by atoms with E-state index in [1.165, 1.54) is 5.69 Å². The summed E-state index contributed by atoms with van der Waals surface area (Å²) in [5.41, 5.74) is 2.82. The number of aliphatic imine (C=N–C) groups is 1. The molecule has 0 aliphatic rings. The van der Waals surface area contributed by atoms with Crippen molar-refractivity contribution in [2.75, 3.05) is 26.7 Å². The summed E-state index contributed by atoms with van der Waals surface area (Å²) in [7, 11) is 0.429. The predicted octanol–water partition coefficient (Wildman–Crippen LogP) is 2.02. The summed E-state index contributed by atoms with van der Waals surface area (Å²) in [6, 6.07) is 9.50. The summed E-state index contributed by atoms with van der Waals surface area (Å²) in [4.78, 5) is 6.90. The Morgan fingerprint density at radius 3 is 2.64 bits per heavy atom. The van der Waals surface area contributed by atoms with Gasteiger partial charge in [-0.25, -0.2) is 13.1 Å². The Morgan fingerprint density at radius 2 is 2.00 bits per heavy atom. The largest absolute Gasteiger partial charge is 0.357 e. The van der Waals surface area contributed by atoms with E-state index in [0.29, 0.717) is 18.0 Å². The summed E-state index contributed by atoms with van der Waals surface area (Å²) < 4.78 is 29.9. The van der Waals surface area contributed by atoms with Crippen LogP contribution in [0.5, 0.6) is 0 Å². The fourth-order valence-corrected chi connectivity index (χ4v) is 4.21. The number of guanidine groups is 1. The minimum absolute atomic E-state index is 0.239. The molecule has 154 valence electrons. The van der Waals surface area contributed by atoms with Gasteiger partial charge in [0.1, 0.15) is 0 Å². The van der Waals surface area contributed by atoms with Crippen molar-refractivity contribution in [2.24, 2.45) is 12.0 Å². The Kier molecular flexibility index (Phi) is 7.65. The zero-order valence-corrected chi connectivity index (χ0v) is 18.2. The number of aromatic nitrogens is 1. The fraction of sp³-hybridized carbons (Fsp3) is 0.450. The van der Waals surface area contributed by atoms with Crippen LogP contribution in [0.15, 0.2) is 46.4 Å². The minimum Gasteiger partial charge on any atom is -0.357 e. The second-order valence-corrected chi connectivity index (χ2v) is 8.60. The van der Waals surface area contributed by atoms with Crippen molar-refractivity contribution in [3.8, 4) is 0 Å². The molecule has 1 aromatic carbocycles. The first kappa shape index (κ1) is 22.0. The molecule has 1 heterocycles. The van der Waals surface area contributed by atoms with Crippen LogP contribution in [-0.2, 0) is 23.6 Å². The fourth-order valence-electron chi connectivity index (χ4n) is 2.86. The Bertz CT molecular complexity index is 918. The molecule has 2 N–H and O–H groups in total. The SMILES string of the molecule is CCNC(=NCCNS(=O)(=O)c1cc(C)ccc1C)N(C)Cc1cccn1C. The highest BCUT2D eigenvalue weighted by Crippen LogP contribution is 2.16. The monoisotopic (exact) mass is 405 g/mol. The Balaban J connectivity index is 1.99. The molecular weight excluding hydrogens is 374 g/mol. The molecule has 28 heavy (non-hydrogen) atoms. The molecule has 2 rings (SSSR count). The molecule has 8 heteroatoms. The molecule has 0 radical (unpaired) electrons. The van der Waals surface area contributed by atoms with Gasteiger partial charge < -0.3 is 14.8 Å². The van der Waals surface area contributed by atoms with Gasteiger partial charge in [0.05, 0.1) is 18.0 Å². The molecule has 0 saturated carbocycles.